The standard InChI is InChI=1S/C15H15N5O4S/c1-10-5-6-13(8-16)20(10)12-4-2-3-11(7-12)14(21)9-25(22,23)24-19-15(17)18/h2-7H,9H2,1H3,(H4,17,18,19). The van der Waals surface area contributed by atoms with Gasteiger partial charge in [0, 0.05) is 16.9 Å². The first-order valence-electron chi connectivity index (χ1n) is 6.96. The molecular formula is C15H15N5O4S. The number of aryl methyl sites for hydroxylation is 1. The van der Waals surface area contributed by atoms with Crippen LogP contribution in [0.1, 0.15) is 21.7 Å². The molecule has 2 rings (SSSR count). The zero-order chi connectivity index (χ0) is 18.6. The predicted octanol–water partition coefficient (Wildman–Crippen LogP) is 0.375. The molecule has 130 valence electrons. The van der Waals surface area contributed by atoms with Crippen molar-refractivity contribution in [1.29, 1.82) is 5.26 Å². The number of aromatic nitrogens is 1. The van der Waals surface area contributed by atoms with Crippen molar-refractivity contribution in [3.63, 3.8) is 0 Å². The number of rotatable bonds is 6. The van der Waals surface area contributed by atoms with Gasteiger partial charge in [0.1, 0.15) is 11.8 Å². The smallest absolute Gasteiger partial charge is 0.336 e. The van der Waals surface area contributed by atoms with Crippen LogP contribution in [-0.4, -0.2) is 30.5 Å². The van der Waals surface area contributed by atoms with Crippen molar-refractivity contribution in [2.75, 3.05) is 5.75 Å². The van der Waals surface area contributed by atoms with E-state index in [9.17, 15) is 13.2 Å². The van der Waals surface area contributed by atoms with Crippen LogP contribution in [0.4, 0.5) is 0 Å². The second-order valence-electron chi connectivity index (χ2n) is 5.07. The molecule has 2 aromatic rings. The SMILES string of the molecule is Cc1ccc(C#N)n1-c1cccc(C(=O)CS(=O)(=O)ON=C(N)N)c1. The van der Waals surface area contributed by atoms with E-state index in [-0.39, 0.29) is 5.56 Å². The Labute approximate surface area is 144 Å². The van der Waals surface area contributed by atoms with Crippen LogP contribution in [-0.2, 0) is 14.4 Å². The third-order valence-electron chi connectivity index (χ3n) is 3.18. The van der Waals surface area contributed by atoms with Crippen LogP contribution < -0.4 is 11.5 Å². The summed E-state index contributed by atoms with van der Waals surface area (Å²) in [7, 11) is -4.27. The number of nitrogens with zero attached hydrogens (tertiary/aromatic N) is 3. The van der Waals surface area contributed by atoms with E-state index in [1.54, 1.807) is 28.8 Å². The molecule has 25 heavy (non-hydrogen) atoms. The average molecular weight is 361 g/mol. The fraction of sp³-hybridized carbons (Fsp3) is 0.133. The molecule has 0 aliphatic carbocycles. The second-order valence-corrected chi connectivity index (χ2v) is 6.63. The lowest BCUT2D eigenvalue weighted by Gasteiger charge is -2.09. The molecule has 0 fully saturated rings. The lowest BCUT2D eigenvalue weighted by atomic mass is 10.1. The number of guanidine groups is 1. The Kier molecular flexibility index (Phi) is 5.09. The number of hydrogen-bond donors (Lipinski definition) is 2. The number of ketones is 1. The van der Waals surface area contributed by atoms with Gasteiger partial charge in [0.2, 0.25) is 5.96 Å². The maximum Gasteiger partial charge on any atom is 0.336 e. The summed E-state index contributed by atoms with van der Waals surface area (Å²) >= 11 is 0. The van der Waals surface area contributed by atoms with Crippen LogP contribution in [0.2, 0.25) is 0 Å². The Morgan fingerprint density at radius 2 is 2.04 bits per heavy atom. The van der Waals surface area contributed by atoms with E-state index in [0.717, 1.165) is 5.69 Å². The topological polar surface area (TPSA) is 154 Å². The molecule has 0 amide bonds. The monoisotopic (exact) mass is 361 g/mol. The normalized spacial score (nSPS) is 10.7. The van der Waals surface area contributed by atoms with E-state index >= 15 is 0 Å². The van der Waals surface area contributed by atoms with Crippen LogP contribution in [0, 0.1) is 18.3 Å². The highest BCUT2D eigenvalue weighted by molar-refractivity contribution is 7.87. The number of carbonyl (C=O) groups is 1. The van der Waals surface area contributed by atoms with Crippen LogP contribution in [0.3, 0.4) is 0 Å². The van der Waals surface area contributed by atoms with Crippen molar-refractivity contribution in [2.24, 2.45) is 16.6 Å². The van der Waals surface area contributed by atoms with Crippen LogP contribution in [0.25, 0.3) is 5.69 Å². The highest BCUT2D eigenvalue weighted by Crippen LogP contribution is 2.18. The summed E-state index contributed by atoms with van der Waals surface area (Å²) in [6.07, 6.45) is 0. The summed E-state index contributed by atoms with van der Waals surface area (Å²) in [6, 6.07) is 11.7. The highest BCUT2D eigenvalue weighted by atomic mass is 32.2. The minimum atomic E-state index is -4.27. The molecule has 0 radical (unpaired) electrons. The summed E-state index contributed by atoms with van der Waals surface area (Å²) in [4.78, 5) is 12.2. The third kappa shape index (κ3) is 4.36. The van der Waals surface area contributed by atoms with Crippen molar-refractivity contribution in [3.05, 3.63) is 53.3 Å². The number of oxime groups is 1. The molecule has 1 aromatic carbocycles. The Balaban J connectivity index is 2.30. The van der Waals surface area contributed by atoms with Gasteiger partial charge in [0.15, 0.2) is 11.5 Å². The highest BCUT2D eigenvalue weighted by Gasteiger charge is 2.20. The van der Waals surface area contributed by atoms with Crippen LogP contribution >= 0.6 is 0 Å². The largest absolute Gasteiger partial charge is 0.367 e. The van der Waals surface area contributed by atoms with Crippen molar-refractivity contribution < 1.29 is 17.5 Å². The molecule has 0 aliphatic rings. The number of nitrogens with two attached hydrogens (primary N) is 2. The Bertz CT molecular complexity index is 982. The van der Waals surface area contributed by atoms with Gasteiger partial charge in [-0.1, -0.05) is 12.1 Å². The summed E-state index contributed by atoms with van der Waals surface area (Å²) < 4.78 is 29.2. The summed E-state index contributed by atoms with van der Waals surface area (Å²) in [5, 5.41) is 12.1. The predicted molar refractivity (Wildman–Crippen MR) is 90.2 cm³/mol. The van der Waals surface area contributed by atoms with Crippen molar-refractivity contribution in [3.8, 4) is 11.8 Å². The lowest BCUT2D eigenvalue weighted by Crippen LogP contribution is -2.25. The minimum Gasteiger partial charge on any atom is -0.367 e. The van der Waals surface area contributed by atoms with E-state index in [1.807, 2.05) is 6.92 Å². The summed E-state index contributed by atoms with van der Waals surface area (Å²) in [6.45, 7) is 1.81. The van der Waals surface area contributed by atoms with Gasteiger partial charge in [-0.15, -0.1) is 0 Å². The van der Waals surface area contributed by atoms with Gasteiger partial charge >= 0.3 is 10.1 Å². The third-order valence-corrected chi connectivity index (χ3v) is 4.10. The molecular weight excluding hydrogens is 346 g/mol. The molecule has 0 aliphatic heterocycles. The van der Waals surface area contributed by atoms with Gasteiger partial charge in [0.25, 0.3) is 0 Å². The maximum atomic E-state index is 12.2. The van der Waals surface area contributed by atoms with Gasteiger partial charge < -0.3 is 16.0 Å². The molecule has 9 nitrogen and oxygen atoms in total. The lowest BCUT2D eigenvalue weighted by molar-refractivity contribution is 0.101. The van der Waals surface area contributed by atoms with Gasteiger partial charge in [-0.2, -0.15) is 13.7 Å². The quantitative estimate of drug-likeness (QED) is 0.326. The number of hydrogen-bond acceptors (Lipinski definition) is 6. The Hall–Kier alpha value is -3.32. The zero-order valence-electron chi connectivity index (χ0n) is 13.2. The van der Waals surface area contributed by atoms with Crippen LogP contribution in [0.15, 0.2) is 41.6 Å². The minimum absolute atomic E-state index is 0.145. The number of nitriles is 1. The Morgan fingerprint density at radius 1 is 1.32 bits per heavy atom. The van der Waals surface area contributed by atoms with Crippen molar-refractivity contribution >= 4 is 21.9 Å². The fourth-order valence-electron chi connectivity index (χ4n) is 2.16. The van der Waals surface area contributed by atoms with Crippen LogP contribution in [0.5, 0.6) is 0 Å². The molecule has 10 heteroatoms. The van der Waals surface area contributed by atoms with E-state index in [1.165, 1.54) is 12.1 Å². The van der Waals surface area contributed by atoms with E-state index in [2.05, 4.69) is 15.5 Å². The molecule has 0 spiro atoms. The zero-order valence-corrected chi connectivity index (χ0v) is 14.0. The fourth-order valence-corrected chi connectivity index (χ4v) is 2.90. The van der Waals surface area contributed by atoms with E-state index < -0.39 is 27.6 Å². The molecule has 0 bridgehead atoms. The molecule has 4 N–H and O–H groups in total. The second kappa shape index (κ2) is 7.06. The van der Waals surface area contributed by atoms with Gasteiger partial charge in [-0.05, 0) is 36.3 Å². The molecule has 0 atom stereocenters. The number of Topliss-reactive ketones (excluding diaryl/α,β-unsaturated/α-hetero) is 1. The molecule has 0 saturated carbocycles. The number of benzene rings is 1. The number of carbonyl (C=O) groups excluding carboxylic acids is 1. The first-order valence-corrected chi connectivity index (χ1v) is 8.53. The van der Waals surface area contributed by atoms with Crippen molar-refractivity contribution in [1.82, 2.24) is 4.57 Å². The van der Waals surface area contributed by atoms with Crippen molar-refractivity contribution in [2.45, 2.75) is 6.92 Å². The average Bonchev–Trinajstić information content (AvgIpc) is 2.93. The summed E-state index contributed by atoms with van der Waals surface area (Å²) in [5.41, 5.74) is 11.9. The molecule has 0 saturated heterocycles. The van der Waals surface area contributed by atoms with Gasteiger partial charge in [-0.3, -0.25) is 9.08 Å². The molecule has 1 aromatic heterocycles. The van der Waals surface area contributed by atoms with E-state index in [4.69, 9.17) is 16.7 Å². The summed E-state index contributed by atoms with van der Waals surface area (Å²) in [5.74, 6) is -2.20. The first-order chi connectivity index (χ1) is 11.7. The van der Waals surface area contributed by atoms with Gasteiger partial charge in [0.05, 0.1) is 0 Å². The van der Waals surface area contributed by atoms with E-state index in [0.29, 0.717) is 11.4 Å². The molecule has 1 heterocycles. The first kappa shape index (κ1) is 18.0. The molecule has 0 unspecified atom stereocenters. The maximum absolute atomic E-state index is 12.2. The Morgan fingerprint density at radius 3 is 2.68 bits per heavy atom. The van der Waals surface area contributed by atoms with Gasteiger partial charge in [-0.25, -0.2) is 0 Å².